The number of hydrogen-bond acceptors (Lipinski definition) is 9. The van der Waals surface area contributed by atoms with Crippen LogP contribution in [-0.2, 0) is 9.36 Å². The maximum Gasteiger partial charge on any atom is 0.525 e. The third-order valence-electron chi connectivity index (χ3n) is 2.86. The molecule has 0 aromatic heterocycles. The van der Waals surface area contributed by atoms with Gasteiger partial charge in [0.25, 0.3) is 0 Å². The van der Waals surface area contributed by atoms with Crippen molar-refractivity contribution in [3.63, 3.8) is 0 Å². The molecule has 1 rings (SSSR count). The Kier molecular flexibility index (Phi) is 10.1. The van der Waals surface area contributed by atoms with Gasteiger partial charge in [-0.15, -0.1) is 0 Å². The highest BCUT2D eigenvalue weighted by molar-refractivity contribution is 7.46. The van der Waals surface area contributed by atoms with Crippen LogP contribution >= 0.6 is 7.82 Å². The Balaban J connectivity index is 0.000000580. The fourth-order valence-corrected chi connectivity index (χ4v) is 2.08. The van der Waals surface area contributed by atoms with E-state index in [-0.39, 0.29) is 0 Å². The summed E-state index contributed by atoms with van der Waals surface area (Å²) >= 11 is 0. The molecule has 0 saturated carbocycles. The third kappa shape index (κ3) is 9.58. The van der Waals surface area contributed by atoms with Crippen molar-refractivity contribution in [3.05, 3.63) is 38.4 Å². The van der Waals surface area contributed by atoms with Crippen LogP contribution in [-0.4, -0.2) is 43.3 Å². The minimum absolute atomic E-state index is 0.520. The molecule has 1 aromatic rings. The van der Waals surface area contributed by atoms with Gasteiger partial charge >= 0.3 is 25.2 Å². The molecule has 0 heterocycles. The second kappa shape index (κ2) is 11.2. The van der Waals surface area contributed by atoms with Gasteiger partial charge in [-0.3, -0.25) is 34.8 Å². The zero-order chi connectivity index (χ0) is 21.2. The summed E-state index contributed by atoms with van der Waals surface area (Å²) in [7, 11) is -5.03. The Labute approximate surface area is 152 Å². The van der Waals surface area contributed by atoms with Gasteiger partial charge in [0.2, 0.25) is 5.75 Å². The minimum Gasteiger partial charge on any atom is -0.480 e. The van der Waals surface area contributed by atoms with Crippen LogP contribution in [0.15, 0.2) is 18.2 Å². The fourth-order valence-electron chi connectivity index (χ4n) is 1.68. The summed E-state index contributed by atoms with van der Waals surface area (Å²) in [5.41, 5.74) is 8.39. The van der Waals surface area contributed by atoms with E-state index in [1.165, 1.54) is 0 Å². The van der Waals surface area contributed by atoms with Crippen LogP contribution < -0.4 is 16.0 Å². The molecule has 0 aliphatic carbocycles. The molecule has 1 atom stereocenters. The average molecular weight is 410 g/mol. The molecule has 7 N–H and O–H groups in total. The molecule has 0 bridgehead atoms. The summed E-state index contributed by atoms with van der Waals surface area (Å²) in [6.45, 7) is 0.604. The van der Waals surface area contributed by atoms with E-state index < -0.39 is 46.8 Å². The molecule has 0 aliphatic heterocycles. The molecule has 14 nitrogen and oxygen atoms in total. The zero-order valence-electron chi connectivity index (χ0n) is 13.8. The van der Waals surface area contributed by atoms with E-state index in [2.05, 4.69) is 4.52 Å². The Morgan fingerprint density at radius 3 is 2.22 bits per heavy atom. The second-order valence-electron chi connectivity index (χ2n) is 4.95. The molecule has 0 fully saturated rings. The number of hydrogen-bond donors (Lipinski definition) is 5. The van der Waals surface area contributed by atoms with E-state index in [0.29, 0.717) is 13.0 Å². The number of benzene rings is 1. The first-order chi connectivity index (χ1) is 12.4. The predicted molar refractivity (Wildman–Crippen MR) is 90.9 cm³/mol. The largest absolute Gasteiger partial charge is 0.525 e. The van der Waals surface area contributed by atoms with Crippen LogP contribution in [0.3, 0.4) is 0 Å². The van der Waals surface area contributed by atoms with Gasteiger partial charge in [0.15, 0.2) is 0 Å². The zero-order valence-corrected chi connectivity index (χ0v) is 14.7. The molecule has 0 spiro atoms. The maximum atomic E-state index is 10.6. The number of carboxylic acid groups (broad SMARTS) is 1. The molecule has 1 aromatic carbocycles. The van der Waals surface area contributed by atoms with Crippen LogP contribution in [0, 0.1) is 20.2 Å². The van der Waals surface area contributed by atoms with Gasteiger partial charge in [0.05, 0.1) is 9.85 Å². The summed E-state index contributed by atoms with van der Waals surface area (Å²) in [4.78, 5) is 46.0. The maximum absolute atomic E-state index is 10.6. The smallest absolute Gasteiger partial charge is 0.480 e. The standard InChI is InChI=1S/C6H5N2O8P.C6H14N2O2/c9-7(10)4-2-1-3-5(6(4)8(11)12)16-17(13,14)15;7-4-2-1-3-5(8)6(9)10/h1-3H,(H2,13,14,15);5H,1-4,7-8H2,(H,9,10)/t;5-/m.0/s1. The molecule has 152 valence electrons. The molecule has 0 amide bonds. The van der Waals surface area contributed by atoms with Gasteiger partial charge in [-0.2, -0.15) is 0 Å². The summed E-state index contributed by atoms with van der Waals surface area (Å²) in [5.74, 6) is -1.80. The van der Waals surface area contributed by atoms with Gasteiger partial charge in [-0.1, -0.05) is 12.5 Å². The van der Waals surface area contributed by atoms with Gasteiger partial charge in [0.1, 0.15) is 6.04 Å². The summed E-state index contributed by atoms with van der Waals surface area (Å²) < 4.78 is 14.5. The van der Waals surface area contributed by atoms with E-state index in [0.717, 1.165) is 31.0 Å². The fraction of sp³-hybridized carbons (Fsp3) is 0.417. The number of phosphoric ester groups is 1. The summed E-state index contributed by atoms with van der Waals surface area (Å²) in [6, 6.07) is 1.97. The highest BCUT2D eigenvalue weighted by atomic mass is 31.2. The average Bonchev–Trinajstić information content (AvgIpc) is 2.53. The Bertz CT molecular complexity index is 722. The topological polar surface area (TPSA) is 242 Å². The molecule has 0 saturated heterocycles. The molecule has 15 heteroatoms. The van der Waals surface area contributed by atoms with Crippen molar-refractivity contribution in [2.75, 3.05) is 6.54 Å². The monoisotopic (exact) mass is 410 g/mol. The van der Waals surface area contributed by atoms with Crippen molar-refractivity contribution >= 4 is 25.2 Å². The van der Waals surface area contributed by atoms with Crippen molar-refractivity contribution in [1.29, 1.82) is 0 Å². The predicted octanol–water partition coefficient (Wildman–Crippen LogP) is 0.502. The number of unbranched alkanes of at least 4 members (excludes halogenated alkanes) is 1. The van der Waals surface area contributed by atoms with Gasteiger partial charge in [-0.25, -0.2) is 4.57 Å². The summed E-state index contributed by atoms with van der Waals surface area (Å²) in [6.07, 6.45) is 2.16. The molecular formula is C12H19N4O10P. The number of aliphatic carboxylic acids is 1. The van der Waals surface area contributed by atoms with E-state index in [4.69, 9.17) is 26.4 Å². The first kappa shape index (κ1) is 24.4. The van der Waals surface area contributed by atoms with Gasteiger partial charge in [-0.05, 0) is 25.5 Å². The van der Waals surface area contributed by atoms with Crippen LogP contribution in [0.4, 0.5) is 11.4 Å². The summed E-state index contributed by atoms with van der Waals surface area (Å²) in [5, 5.41) is 29.4. The highest BCUT2D eigenvalue weighted by Gasteiger charge is 2.32. The van der Waals surface area contributed by atoms with Crippen LogP contribution in [0.1, 0.15) is 19.3 Å². The number of carboxylic acids is 1. The van der Waals surface area contributed by atoms with E-state index in [1.807, 2.05) is 0 Å². The van der Waals surface area contributed by atoms with Gasteiger partial charge < -0.3 is 21.1 Å². The van der Waals surface area contributed by atoms with E-state index in [9.17, 15) is 29.6 Å². The number of phosphoric acid groups is 1. The van der Waals surface area contributed by atoms with Crippen LogP contribution in [0.5, 0.6) is 5.75 Å². The lowest BCUT2D eigenvalue weighted by Gasteiger charge is -2.06. The second-order valence-corrected chi connectivity index (χ2v) is 6.11. The van der Waals surface area contributed by atoms with Crippen molar-refractivity contribution in [2.45, 2.75) is 25.3 Å². The lowest BCUT2D eigenvalue weighted by Crippen LogP contribution is -2.29. The Hall–Kier alpha value is -2.64. The number of para-hydroxylation sites is 1. The quantitative estimate of drug-likeness (QED) is 0.162. The van der Waals surface area contributed by atoms with E-state index >= 15 is 0 Å². The number of nitrogens with two attached hydrogens (primary N) is 2. The number of nitro groups is 2. The SMILES string of the molecule is NCCCC[C@H](N)C(=O)O.O=[N+]([O-])c1cccc(OP(=O)(O)O)c1[N+](=O)[O-]. The minimum atomic E-state index is -5.03. The molecular weight excluding hydrogens is 391 g/mol. The van der Waals surface area contributed by atoms with Crippen LogP contribution in [0.25, 0.3) is 0 Å². The molecule has 0 unspecified atom stereocenters. The van der Waals surface area contributed by atoms with Crippen molar-refractivity contribution in [3.8, 4) is 5.75 Å². The molecule has 27 heavy (non-hydrogen) atoms. The highest BCUT2D eigenvalue weighted by Crippen LogP contribution is 2.44. The lowest BCUT2D eigenvalue weighted by atomic mass is 10.1. The first-order valence-electron chi connectivity index (χ1n) is 7.26. The normalized spacial score (nSPS) is 11.7. The number of carbonyl (C=O) groups is 1. The first-order valence-corrected chi connectivity index (χ1v) is 8.79. The van der Waals surface area contributed by atoms with E-state index in [1.54, 1.807) is 0 Å². The van der Waals surface area contributed by atoms with Gasteiger partial charge in [0, 0.05) is 6.07 Å². The van der Waals surface area contributed by atoms with Crippen molar-refractivity contribution < 1.29 is 38.6 Å². The Morgan fingerprint density at radius 1 is 1.22 bits per heavy atom. The van der Waals surface area contributed by atoms with Crippen molar-refractivity contribution in [2.24, 2.45) is 11.5 Å². The molecule has 0 radical (unpaired) electrons. The lowest BCUT2D eigenvalue weighted by molar-refractivity contribution is -0.422. The number of nitrogens with zero attached hydrogens (tertiary/aromatic N) is 2. The Morgan fingerprint density at radius 2 is 1.81 bits per heavy atom. The number of rotatable bonds is 9. The third-order valence-corrected chi connectivity index (χ3v) is 3.30. The van der Waals surface area contributed by atoms with Crippen molar-refractivity contribution in [1.82, 2.24) is 0 Å². The molecule has 0 aliphatic rings. The number of nitro benzene ring substituents is 2. The van der Waals surface area contributed by atoms with Crippen LogP contribution in [0.2, 0.25) is 0 Å².